The highest BCUT2D eigenvalue weighted by atomic mass is 32.2. The molecule has 118 valence electrons. The molecule has 1 saturated carbocycles. The molecule has 0 radical (unpaired) electrons. The average molecular weight is 303 g/mol. The lowest BCUT2D eigenvalue weighted by molar-refractivity contribution is 0.161. The molecule has 1 unspecified atom stereocenters. The quantitative estimate of drug-likeness (QED) is 0.761. The Labute approximate surface area is 123 Å². The minimum atomic E-state index is -3.16. The Hall–Kier alpha value is -0.170. The SMILES string of the molecule is CN(C)C1(CNS(=O)(=O)CC2CCCNC2)CCCC1. The van der Waals surface area contributed by atoms with Crippen molar-refractivity contribution in [2.75, 3.05) is 39.5 Å². The number of likely N-dealkylation sites (N-methyl/N-ethyl adjacent to an activating group) is 1. The number of rotatable bonds is 6. The third kappa shape index (κ3) is 4.16. The number of piperidine rings is 1. The summed E-state index contributed by atoms with van der Waals surface area (Å²) in [5.74, 6) is 0.531. The summed E-state index contributed by atoms with van der Waals surface area (Å²) in [4.78, 5) is 2.20. The third-order valence-electron chi connectivity index (χ3n) is 4.96. The molecule has 6 heteroatoms. The predicted molar refractivity (Wildman–Crippen MR) is 82.3 cm³/mol. The van der Waals surface area contributed by atoms with Crippen molar-refractivity contribution in [3.63, 3.8) is 0 Å². The molecular weight excluding hydrogens is 274 g/mol. The number of hydrogen-bond acceptors (Lipinski definition) is 4. The van der Waals surface area contributed by atoms with Gasteiger partial charge in [-0.3, -0.25) is 0 Å². The Bertz CT molecular complexity index is 397. The Morgan fingerprint density at radius 1 is 1.25 bits per heavy atom. The monoisotopic (exact) mass is 303 g/mol. The first-order chi connectivity index (χ1) is 9.44. The van der Waals surface area contributed by atoms with Gasteiger partial charge in [-0.15, -0.1) is 0 Å². The van der Waals surface area contributed by atoms with E-state index in [-0.39, 0.29) is 17.2 Å². The van der Waals surface area contributed by atoms with E-state index in [9.17, 15) is 8.42 Å². The maximum absolute atomic E-state index is 12.3. The van der Waals surface area contributed by atoms with Crippen molar-refractivity contribution < 1.29 is 8.42 Å². The van der Waals surface area contributed by atoms with Gasteiger partial charge in [0.15, 0.2) is 0 Å². The zero-order valence-corrected chi connectivity index (χ0v) is 13.6. The van der Waals surface area contributed by atoms with Gasteiger partial charge in [0.2, 0.25) is 10.0 Å². The molecule has 0 spiro atoms. The Kier molecular flexibility index (Phi) is 5.45. The van der Waals surface area contributed by atoms with E-state index < -0.39 is 10.0 Å². The number of nitrogens with one attached hydrogen (secondary N) is 2. The molecule has 1 saturated heterocycles. The molecule has 0 aromatic carbocycles. The van der Waals surface area contributed by atoms with E-state index in [0.717, 1.165) is 38.8 Å². The summed E-state index contributed by atoms with van der Waals surface area (Å²) in [5.41, 5.74) is 0.0257. The van der Waals surface area contributed by atoms with Crippen LogP contribution in [0.15, 0.2) is 0 Å². The van der Waals surface area contributed by atoms with Gasteiger partial charge in [0.25, 0.3) is 0 Å². The molecule has 20 heavy (non-hydrogen) atoms. The van der Waals surface area contributed by atoms with Crippen molar-refractivity contribution >= 4 is 10.0 Å². The van der Waals surface area contributed by atoms with E-state index in [1.54, 1.807) is 0 Å². The Morgan fingerprint density at radius 2 is 1.95 bits per heavy atom. The topological polar surface area (TPSA) is 61.4 Å². The van der Waals surface area contributed by atoms with Crippen LogP contribution in [0.25, 0.3) is 0 Å². The lowest BCUT2D eigenvalue weighted by Gasteiger charge is -2.36. The summed E-state index contributed by atoms with van der Waals surface area (Å²) < 4.78 is 27.4. The van der Waals surface area contributed by atoms with Crippen LogP contribution in [0.5, 0.6) is 0 Å². The van der Waals surface area contributed by atoms with Crippen LogP contribution >= 0.6 is 0 Å². The first kappa shape index (κ1) is 16.2. The first-order valence-electron chi connectivity index (χ1n) is 7.79. The molecule has 2 aliphatic rings. The molecule has 1 heterocycles. The zero-order valence-electron chi connectivity index (χ0n) is 12.8. The number of hydrogen-bond donors (Lipinski definition) is 2. The van der Waals surface area contributed by atoms with E-state index in [1.165, 1.54) is 12.8 Å². The largest absolute Gasteiger partial charge is 0.316 e. The molecule has 2 rings (SSSR count). The molecule has 0 aromatic rings. The highest BCUT2D eigenvalue weighted by Gasteiger charge is 2.37. The lowest BCUT2D eigenvalue weighted by Crippen LogP contribution is -2.51. The molecule has 0 aromatic heterocycles. The number of nitrogens with zero attached hydrogens (tertiary/aromatic N) is 1. The van der Waals surface area contributed by atoms with Crippen LogP contribution in [-0.4, -0.2) is 58.3 Å². The highest BCUT2D eigenvalue weighted by Crippen LogP contribution is 2.33. The van der Waals surface area contributed by atoms with Gasteiger partial charge >= 0.3 is 0 Å². The van der Waals surface area contributed by atoms with Gasteiger partial charge in [-0.25, -0.2) is 13.1 Å². The summed E-state index contributed by atoms with van der Waals surface area (Å²) in [6.45, 7) is 2.41. The van der Waals surface area contributed by atoms with Crippen LogP contribution < -0.4 is 10.0 Å². The molecule has 1 atom stereocenters. The van der Waals surface area contributed by atoms with Crippen LogP contribution in [0.4, 0.5) is 0 Å². The van der Waals surface area contributed by atoms with Crippen LogP contribution in [0, 0.1) is 5.92 Å². The van der Waals surface area contributed by atoms with Gasteiger partial charge in [0, 0.05) is 12.1 Å². The van der Waals surface area contributed by atoms with Gasteiger partial charge in [0.05, 0.1) is 5.75 Å². The maximum atomic E-state index is 12.3. The third-order valence-corrected chi connectivity index (χ3v) is 6.45. The van der Waals surface area contributed by atoms with Gasteiger partial charge in [-0.2, -0.15) is 0 Å². The molecule has 5 nitrogen and oxygen atoms in total. The molecule has 0 bridgehead atoms. The smallest absolute Gasteiger partial charge is 0.211 e. The fourth-order valence-corrected chi connectivity index (χ4v) is 5.01. The van der Waals surface area contributed by atoms with Crippen molar-refractivity contribution in [3.8, 4) is 0 Å². The summed E-state index contributed by atoms with van der Waals surface area (Å²) in [6.07, 6.45) is 6.69. The van der Waals surface area contributed by atoms with E-state index >= 15 is 0 Å². The van der Waals surface area contributed by atoms with E-state index in [4.69, 9.17) is 0 Å². The fraction of sp³-hybridized carbons (Fsp3) is 1.00. The number of sulfonamides is 1. The second-order valence-corrected chi connectivity index (χ2v) is 8.49. The van der Waals surface area contributed by atoms with Gasteiger partial charge in [0.1, 0.15) is 0 Å². The zero-order chi connectivity index (χ0) is 14.6. The van der Waals surface area contributed by atoms with Crippen molar-refractivity contribution in [1.82, 2.24) is 14.9 Å². The molecule has 1 aliphatic carbocycles. The summed E-state index contributed by atoms with van der Waals surface area (Å²) >= 11 is 0. The normalized spacial score (nSPS) is 27.1. The van der Waals surface area contributed by atoms with Crippen LogP contribution in [0.3, 0.4) is 0 Å². The highest BCUT2D eigenvalue weighted by molar-refractivity contribution is 7.89. The lowest BCUT2D eigenvalue weighted by atomic mass is 9.97. The van der Waals surface area contributed by atoms with E-state index in [1.807, 2.05) is 0 Å². The van der Waals surface area contributed by atoms with Crippen molar-refractivity contribution in [2.45, 2.75) is 44.1 Å². The van der Waals surface area contributed by atoms with Gasteiger partial charge < -0.3 is 10.2 Å². The molecule has 1 aliphatic heterocycles. The van der Waals surface area contributed by atoms with Crippen molar-refractivity contribution in [2.24, 2.45) is 5.92 Å². The second kappa shape index (κ2) is 6.73. The predicted octanol–water partition coefficient (Wildman–Crippen LogP) is 0.780. The minimum Gasteiger partial charge on any atom is -0.316 e. The van der Waals surface area contributed by atoms with Crippen LogP contribution in [-0.2, 0) is 10.0 Å². The Balaban J connectivity index is 1.87. The molecule has 2 fully saturated rings. The minimum absolute atomic E-state index is 0.0257. The van der Waals surface area contributed by atoms with Crippen molar-refractivity contribution in [3.05, 3.63) is 0 Å². The molecule has 0 amide bonds. The van der Waals surface area contributed by atoms with E-state index in [2.05, 4.69) is 29.0 Å². The molecule has 2 N–H and O–H groups in total. The first-order valence-corrected chi connectivity index (χ1v) is 9.44. The summed E-state index contributed by atoms with van der Waals surface area (Å²) in [7, 11) is 0.963. The standard InChI is InChI=1S/C14H29N3O2S/c1-17(2)14(7-3-4-8-14)12-16-20(18,19)11-13-6-5-9-15-10-13/h13,15-16H,3-12H2,1-2H3. The van der Waals surface area contributed by atoms with Gasteiger partial charge in [-0.1, -0.05) is 12.8 Å². The Morgan fingerprint density at radius 3 is 2.50 bits per heavy atom. The summed E-state index contributed by atoms with van der Waals surface area (Å²) in [5, 5.41) is 3.28. The molecular formula is C14H29N3O2S. The van der Waals surface area contributed by atoms with Crippen molar-refractivity contribution in [1.29, 1.82) is 0 Å². The van der Waals surface area contributed by atoms with E-state index in [0.29, 0.717) is 6.54 Å². The second-order valence-electron chi connectivity index (χ2n) is 6.64. The maximum Gasteiger partial charge on any atom is 0.211 e. The van der Waals surface area contributed by atoms with Gasteiger partial charge in [-0.05, 0) is 58.8 Å². The average Bonchev–Trinajstić information content (AvgIpc) is 2.87. The summed E-state index contributed by atoms with van der Waals surface area (Å²) in [6, 6.07) is 0. The van der Waals surface area contributed by atoms with Crippen LogP contribution in [0.1, 0.15) is 38.5 Å². The van der Waals surface area contributed by atoms with Crippen LogP contribution in [0.2, 0.25) is 0 Å². The fourth-order valence-electron chi connectivity index (χ4n) is 3.49.